The fraction of sp³-hybridized carbons (Fsp3) is 0.161. The zero-order valence-corrected chi connectivity index (χ0v) is 22.1. The lowest BCUT2D eigenvalue weighted by atomic mass is 9.73. The molecule has 5 aromatic rings. The Bertz CT molecular complexity index is 1890. The number of hydrogen-bond acceptors (Lipinski definition) is 7. The number of rotatable bonds is 3. The highest BCUT2D eigenvalue weighted by atomic mass is 35.5. The van der Waals surface area contributed by atoms with Crippen LogP contribution < -0.4 is 0 Å². The quantitative estimate of drug-likeness (QED) is 0.299. The van der Waals surface area contributed by atoms with Gasteiger partial charge in [-0.15, -0.1) is 0 Å². The second-order valence-corrected chi connectivity index (χ2v) is 10.9. The first-order chi connectivity index (χ1) is 20.0. The van der Waals surface area contributed by atoms with Crippen LogP contribution in [0.2, 0.25) is 5.02 Å². The Morgan fingerprint density at radius 2 is 1.59 bits per heavy atom. The molecular formula is C31H20ClN5O4. The summed E-state index contributed by atoms with van der Waals surface area (Å²) in [5.74, 6) is -1.77. The van der Waals surface area contributed by atoms with Crippen LogP contribution in [-0.4, -0.2) is 53.6 Å². The standard InChI is InChI=1S/C31H20ClN5O4/c32-19-10-6-9-18(13-19)23-25-26(41-31(23)27(38)20-11-4-5-12-21(20)28(31)39)24-22(14-33-30-34-16-35-37(24)30)29(40)36(25)15-17-7-2-1-3-8-17/h1-14,16,23,25-26H,15H2/t23-,25-,26-/m0/s1. The monoisotopic (exact) mass is 561 g/mol. The summed E-state index contributed by atoms with van der Waals surface area (Å²) < 4.78 is 8.26. The van der Waals surface area contributed by atoms with Crippen LogP contribution in [-0.2, 0) is 11.3 Å². The number of carbonyl (C=O) groups excluding carboxylic acids is 3. The lowest BCUT2D eigenvalue weighted by molar-refractivity contribution is -0.0248. The molecule has 1 aliphatic carbocycles. The van der Waals surface area contributed by atoms with Gasteiger partial charge in [-0.3, -0.25) is 14.4 Å². The molecule has 1 spiro atoms. The van der Waals surface area contributed by atoms with Gasteiger partial charge >= 0.3 is 0 Å². The van der Waals surface area contributed by atoms with Gasteiger partial charge in [0.1, 0.15) is 12.4 Å². The molecule has 1 amide bonds. The highest BCUT2D eigenvalue weighted by molar-refractivity contribution is 6.33. The number of nitrogens with zero attached hydrogens (tertiary/aromatic N) is 5. The minimum atomic E-state index is -1.92. The highest BCUT2D eigenvalue weighted by Gasteiger charge is 2.70. The summed E-state index contributed by atoms with van der Waals surface area (Å²) in [5.41, 5.74) is 0.866. The van der Waals surface area contributed by atoms with Crippen molar-refractivity contribution in [2.75, 3.05) is 0 Å². The maximum Gasteiger partial charge on any atom is 0.258 e. The molecule has 3 aliphatic rings. The highest BCUT2D eigenvalue weighted by Crippen LogP contribution is 2.58. The molecule has 1 saturated heterocycles. The van der Waals surface area contributed by atoms with Crippen LogP contribution in [0.25, 0.3) is 5.78 Å². The van der Waals surface area contributed by atoms with Gasteiger partial charge in [-0.2, -0.15) is 14.6 Å². The molecule has 8 rings (SSSR count). The van der Waals surface area contributed by atoms with Crippen LogP contribution in [0.1, 0.15) is 59.9 Å². The van der Waals surface area contributed by atoms with Crippen molar-refractivity contribution in [2.45, 2.75) is 30.2 Å². The van der Waals surface area contributed by atoms with Gasteiger partial charge in [0, 0.05) is 28.9 Å². The third-order valence-corrected chi connectivity index (χ3v) is 8.60. The number of carbonyl (C=O) groups is 3. The minimum absolute atomic E-state index is 0.224. The molecule has 4 heterocycles. The molecule has 3 aromatic carbocycles. The molecule has 200 valence electrons. The summed E-state index contributed by atoms with van der Waals surface area (Å²) in [5, 5.41) is 4.78. The SMILES string of the molecule is O=C1c2cnc3ncnn3c2[C@@H]2OC3(C(=O)c4ccccc4C3=O)[C@@H](c3cccc(Cl)c3)[C@@H]2N1Cc1ccccc1. The van der Waals surface area contributed by atoms with E-state index in [1.165, 1.54) is 17.0 Å². The van der Waals surface area contributed by atoms with Crippen molar-refractivity contribution in [3.05, 3.63) is 130 Å². The molecule has 10 heteroatoms. The number of Topliss-reactive ketones (excluding diaryl/α,β-unsaturated/α-hetero) is 2. The molecule has 0 bridgehead atoms. The minimum Gasteiger partial charge on any atom is -0.346 e. The molecule has 3 atom stereocenters. The van der Waals surface area contributed by atoms with Gasteiger partial charge in [0.05, 0.1) is 23.2 Å². The van der Waals surface area contributed by atoms with E-state index < -0.39 is 35.2 Å². The second kappa shape index (κ2) is 8.63. The number of fused-ring (bicyclic) bond motifs is 6. The van der Waals surface area contributed by atoms with Crippen LogP contribution in [0.4, 0.5) is 0 Å². The van der Waals surface area contributed by atoms with Crippen LogP contribution in [0.5, 0.6) is 0 Å². The number of hydrogen-bond donors (Lipinski definition) is 0. The van der Waals surface area contributed by atoms with E-state index in [-0.39, 0.29) is 23.8 Å². The predicted octanol–water partition coefficient (Wildman–Crippen LogP) is 4.48. The normalized spacial score (nSPS) is 22.3. The Hall–Kier alpha value is -4.73. The van der Waals surface area contributed by atoms with Crippen LogP contribution in [0.15, 0.2) is 91.4 Å². The van der Waals surface area contributed by atoms with Crippen LogP contribution in [0.3, 0.4) is 0 Å². The molecule has 2 aliphatic heterocycles. The average Bonchev–Trinajstić information content (AvgIpc) is 3.67. The summed E-state index contributed by atoms with van der Waals surface area (Å²) in [6, 6.07) is 22.6. The van der Waals surface area contributed by atoms with Crippen molar-refractivity contribution in [1.82, 2.24) is 24.5 Å². The maximum atomic E-state index is 14.4. The molecule has 0 unspecified atom stereocenters. The van der Waals surface area contributed by atoms with Gasteiger partial charge in [-0.1, -0.05) is 78.3 Å². The second-order valence-electron chi connectivity index (χ2n) is 10.4. The lowest BCUT2D eigenvalue weighted by Crippen LogP contribution is -2.52. The Balaban J connectivity index is 1.42. The third-order valence-electron chi connectivity index (χ3n) is 8.36. The number of ether oxygens (including phenoxy) is 1. The maximum absolute atomic E-state index is 14.4. The molecule has 9 nitrogen and oxygen atoms in total. The number of ketones is 2. The molecular weight excluding hydrogens is 542 g/mol. The van der Waals surface area contributed by atoms with E-state index in [0.29, 0.717) is 27.4 Å². The van der Waals surface area contributed by atoms with E-state index in [1.807, 2.05) is 36.4 Å². The Morgan fingerprint density at radius 1 is 0.854 bits per heavy atom. The van der Waals surface area contributed by atoms with Gasteiger partial charge in [0.2, 0.25) is 17.2 Å². The smallest absolute Gasteiger partial charge is 0.258 e. The number of amides is 1. The van der Waals surface area contributed by atoms with Gasteiger partial charge in [-0.25, -0.2) is 4.98 Å². The van der Waals surface area contributed by atoms with Crippen molar-refractivity contribution < 1.29 is 19.1 Å². The van der Waals surface area contributed by atoms with E-state index in [4.69, 9.17) is 16.3 Å². The van der Waals surface area contributed by atoms with E-state index in [9.17, 15) is 14.4 Å². The van der Waals surface area contributed by atoms with Crippen LogP contribution in [0, 0.1) is 0 Å². The number of halogens is 1. The zero-order chi connectivity index (χ0) is 27.9. The van der Waals surface area contributed by atoms with E-state index >= 15 is 0 Å². The van der Waals surface area contributed by atoms with Gasteiger partial charge in [0.15, 0.2) is 0 Å². The van der Waals surface area contributed by atoms with Crippen molar-refractivity contribution in [1.29, 1.82) is 0 Å². The number of benzene rings is 3. The van der Waals surface area contributed by atoms with Gasteiger partial charge in [0.25, 0.3) is 11.7 Å². The molecule has 2 aromatic heterocycles. The van der Waals surface area contributed by atoms with Crippen molar-refractivity contribution in [3.63, 3.8) is 0 Å². The summed E-state index contributed by atoms with van der Waals surface area (Å²) in [7, 11) is 0. The molecule has 0 radical (unpaired) electrons. The first kappa shape index (κ1) is 24.1. The topological polar surface area (TPSA) is 107 Å². The summed E-state index contributed by atoms with van der Waals surface area (Å²) >= 11 is 6.47. The van der Waals surface area contributed by atoms with E-state index in [1.54, 1.807) is 47.4 Å². The first-order valence-electron chi connectivity index (χ1n) is 13.1. The van der Waals surface area contributed by atoms with Crippen molar-refractivity contribution >= 4 is 34.9 Å². The summed E-state index contributed by atoms with van der Waals surface area (Å²) in [6.45, 7) is 0.224. The third kappa shape index (κ3) is 3.21. The Kier molecular flexibility index (Phi) is 5.07. The van der Waals surface area contributed by atoms with Crippen molar-refractivity contribution in [2.24, 2.45) is 0 Å². The molecule has 0 saturated carbocycles. The molecule has 1 fully saturated rings. The van der Waals surface area contributed by atoms with Crippen LogP contribution >= 0.6 is 11.6 Å². The Labute approximate surface area is 238 Å². The largest absolute Gasteiger partial charge is 0.346 e. The van der Waals surface area contributed by atoms with Crippen molar-refractivity contribution in [3.8, 4) is 0 Å². The van der Waals surface area contributed by atoms with E-state index in [0.717, 1.165) is 5.56 Å². The molecule has 41 heavy (non-hydrogen) atoms. The summed E-state index contributed by atoms with van der Waals surface area (Å²) in [6.07, 6.45) is 1.91. The van der Waals surface area contributed by atoms with Gasteiger partial charge in [-0.05, 0) is 23.3 Å². The predicted molar refractivity (Wildman–Crippen MR) is 147 cm³/mol. The fourth-order valence-corrected chi connectivity index (χ4v) is 6.90. The molecule has 0 N–H and O–H groups in total. The first-order valence-corrected chi connectivity index (χ1v) is 13.5. The Morgan fingerprint density at radius 3 is 2.32 bits per heavy atom. The zero-order valence-electron chi connectivity index (χ0n) is 21.3. The number of aromatic nitrogens is 4. The average molecular weight is 562 g/mol. The lowest BCUT2D eigenvalue weighted by Gasteiger charge is -2.40. The van der Waals surface area contributed by atoms with Gasteiger partial charge < -0.3 is 9.64 Å². The summed E-state index contributed by atoms with van der Waals surface area (Å²) in [4.78, 5) is 53.3. The fourth-order valence-electron chi connectivity index (χ4n) is 6.71. The van der Waals surface area contributed by atoms with E-state index in [2.05, 4.69) is 15.1 Å².